The largest absolute Gasteiger partial charge is 0.149 e. The molecule has 0 heterocycles. The molecule has 2 radical (unpaired) electrons. The van der Waals surface area contributed by atoms with Crippen molar-refractivity contribution in [2.75, 3.05) is 0 Å². The van der Waals surface area contributed by atoms with Crippen molar-refractivity contribution in [1.82, 2.24) is 0 Å². The summed E-state index contributed by atoms with van der Waals surface area (Å²) in [6, 6.07) is 30.1. The van der Waals surface area contributed by atoms with Crippen LogP contribution in [0, 0.1) is 13.8 Å². The fourth-order valence-corrected chi connectivity index (χ4v) is 5.56. The Hall–Kier alpha value is -0.817. The molecule has 37 heavy (non-hydrogen) atoms. The van der Waals surface area contributed by atoms with Crippen LogP contribution in [-0.4, -0.2) is 9.52 Å². The third-order valence-electron chi connectivity index (χ3n) is 6.49. The molecule has 0 bridgehead atoms. The fourth-order valence-electron chi connectivity index (χ4n) is 4.87. The normalized spacial score (nSPS) is 10.3. The molecule has 0 aromatic heterocycles. The van der Waals surface area contributed by atoms with Crippen molar-refractivity contribution in [2.24, 2.45) is 0 Å². The second-order valence-corrected chi connectivity index (χ2v) is 10.4. The van der Waals surface area contributed by atoms with Crippen molar-refractivity contribution in [3.05, 3.63) is 107 Å². The van der Waals surface area contributed by atoms with Gasteiger partial charge in [0.05, 0.1) is 0 Å². The Balaban J connectivity index is 0.000000225. The van der Waals surface area contributed by atoms with Crippen molar-refractivity contribution in [3.8, 4) is 0 Å². The third kappa shape index (κ3) is 6.85. The Bertz CT molecular complexity index is 1480. The molecule has 5 heteroatoms. The summed E-state index contributed by atoms with van der Waals surface area (Å²) in [6.45, 7) is 8.57. The number of rotatable bonds is 2. The van der Waals surface area contributed by atoms with Crippen molar-refractivity contribution in [1.29, 1.82) is 0 Å². The molecule has 0 spiro atoms. The van der Waals surface area contributed by atoms with E-state index in [1.54, 1.807) is 0 Å². The Labute approximate surface area is 271 Å². The third-order valence-corrected chi connectivity index (χ3v) is 7.02. The molecule has 6 aromatic rings. The number of alkyl halides is 2. The standard InChI is InChI=1S/2C15H12Cl.C2H6Si.2Zr/c2*1-10-8-12-7-6-11-4-2-3-5-13(11)15(12)14(10)9-16;1-3-2;;/h2*2-8H,9H2,1H3;1-2H3;;/q2*-1;;;. The van der Waals surface area contributed by atoms with Gasteiger partial charge >= 0.3 is 0 Å². The number of aryl methyl sites for hydroxylation is 2. The van der Waals surface area contributed by atoms with E-state index in [0.717, 1.165) is 9.52 Å². The molecular weight excluding hydrogens is 666 g/mol. The minimum absolute atomic E-state index is 0. The van der Waals surface area contributed by atoms with Gasteiger partial charge in [0, 0.05) is 73.7 Å². The molecule has 0 N–H and O–H groups in total. The van der Waals surface area contributed by atoms with Gasteiger partial charge in [-0.2, -0.15) is 0 Å². The first-order chi connectivity index (χ1) is 17.0. The summed E-state index contributed by atoms with van der Waals surface area (Å²) < 4.78 is 0. The molecule has 186 valence electrons. The maximum Gasteiger partial charge on any atom is 0.0307 e. The zero-order chi connectivity index (χ0) is 24.9. The molecule has 0 unspecified atom stereocenters. The summed E-state index contributed by atoms with van der Waals surface area (Å²) in [7, 11) is 1.08. The summed E-state index contributed by atoms with van der Waals surface area (Å²) in [5.41, 5.74) is 5.13. The number of hydrogen-bond donors (Lipinski definition) is 0. The van der Waals surface area contributed by atoms with Crippen molar-refractivity contribution in [3.63, 3.8) is 0 Å². The van der Waals surface area contributed by atoms with E-state index in [2.05, 4.69) is 112 Å². The number of fused-ring (bicyclic) bond motifs is 6. The van der Waals surface area contributed by atoms with E-state index in [1.165, 1.54) is 65.3 Å². The molecule has 0 saturated heterocycles. The van der Waals surface area contributed by atoms with E-state index in [0.29, 0.717) is 11.8 Å². The van der Waals surface area contributed by atoms with Crippen LogP contribution in [-0.2, 0) is 64.2 Å². The van der Waals surface area contributed by atoms with Crippen molar-refractivity contribution in [2.45, 2.75) is 38.7 Å². The van der Waals surface area contributed by atoms with Gasteiger partial charge in [0.2, 0.25) is 0 Å². The van der Waals surface area contributed by atoms with Crippen LogP contribution in [0.2, 0.25) is 13.1 Å². The van der Waals surface area contributed by atoms with Crippen LogP contribution in [0.15, 0.2) is 84.9 Å². The average molecular weight is 696 g/mol. The van der Waals surface area contributed by atoms with Gasteiger partial charge in [-0.1, -0.05) is 98.4 Å². The molecule has 0 saturated carbocycles. The summed E-state index contributed by atoms with van der Waals surface area (Å²) >= 11 is 12.1. The van der Waals surface area contributed by atoms with Crippen LogP contribution in [0.3, 0.4) is 0 Å². The Morgan fingerprint density at radius 3 is 1.30 bits per heavy atom. The minimum Gasteiger partial charge on any atom is -0.149 e. The Morgan fingerprint density at radius 2 is 0.946 bits per heavy atom. The zero-order valence-corrected chi connectivity index (χ0v) is 29.2. The van der Waals surface area contributed by atoms with E-state index in [4.69, 9.17) is 23.2 Å². The van der Waals surface area contributed by atoms with Crippen LogP contribution >= 0.6 is 23.2 Å². The first-order valence-corrected chi connectivity index (χ1v) is 14.9. The minimum atomic E-state index is 0. The first kappa shape index (κ1) is 32.4. The summed E-state index contributed by atoms with van der Waals surface area (Å²) in [5, 5.41) is 10.4. The Kier molecular flexibility index (Phi) is 13.2. The second kappa shape index (κ2) is 15.1. The topological polar surface area (TPSA) is 0 Å². The van der Waals surface area contributed by atoms with Crippen molar-refractivity contribution >= 4 is 75.8 Å². The molecule has 0 nitrogen and oxygen atoms in total. The van der Waals surface area contributed by atoms with Gasteiger partial charge < -0.3 is 0 Å². The summed E-state index contributed by atoms with van der Waals surface area (Å²) in [5.74, 6) is 1.17. The van der Waals surface area contributed by atoms with Crippen molar-refractivity contribution < 1.29 is 52.4 Å². The number of halogens is 2. The second-order valence-electron chi connectivity index (χ2n) is 8.88. The van der Waals surface area contributed by atoms with E-state index in [1.807, 2.05) is 0 Å². The molecule has 0 aliphatic heterocycles. The first-order valence-electron chi connectivity index (χ1n) is 11.9. The van der Waals surface area contributed by atoms with Gasteiger partial charge in [-0.25, -0.2) is 0 Å². The van der Waals surface area contributed by atoms with E-state index in [9.17, 15) is 0 Å². The zero-order valence-electron chi connectivity index (χ0n) is 21.8. The van der Waals surface area contributed by atoms with Gasteiger partial charge in [-0.15, -0.1) is 91.3 Å². The van der Waals surface area contributed by atoms with Crippen LogP contribution in [0.5, 0.6) is 0 Å². The molecule has 6 aromatic carbocycles. The maximum atomic E-state index is 6.05. The molecule has 0 aliphatic carbocycles. The molecule has 0 amide bonds. The van der Waals surface area contributed by atoms with Gasteiger partial charge in [0.25, 0.3) is 0 Å². The van der Waals surface area contributed by atoms with E-state index >= 15 is 0 Å². The van der Waals surface area contributed by atoms with Crippen LogP contribution in [0.4, 0.5) is 0 Å². The molecule has 0 aliphatic rings. The quantitative estimate of drug-likeness (QED) is 0.0961. The van der Waals surface area contributed by atoms with Crippen LogP contribution in [0.25, 0.3) is 43.1 Å². The maximum absolute atomic E-state index is 6.05. The predicted molar refractivity (Wildman–Crippen MR) is 160 cm³/mol. The van der Waals surface area contributed by atoms with E-state index in [-0.39, 0.29) is 52.4 Å². The SMILES string of the molecule is C[Si]C.Cc1[cH-]c2ccc3ccccc3c2c1CCl.Cc1[cH-]c2ccc3ccccc3c2c1CCl.[Zr].[Zr]. The van der Waals surface area contributed by atoms with E-state index < -0.39 is 0 Å². The van der Waals surface area contributed by atoms with Gasteiger partial charge in [0.1, 0.15) is 0 Å². The Morgan fingerprint density at radius 1 is 0.595 bits per heavy atom. The smallest absolute Gasteiger partial charge is 0.0307 e. The monoisotopic (exact) mass is 692 g/mol. The molecule has 0 fully saturated rings. The molecule has 6 rings (SSSR count). The summed E-state index contributed by atoms with van der Waals surface area (Å²) in [6.07, 6.45) is 0. The van der Waals surface area contributed by atoms with Crippen LogP contribution in [0.1, 0.15) is 22.3 Å². The number of benzene rings is 4. The predicted octanol–water partition coefficient (Wildman–Crippen LogP) is 10.3. The van der Waals surface area contributed by atoms with Gasteiger partial charge in [0.15, 0.2) is 0 Å². The van der Waals surface area contributed by atoms with Crippen LogP contribution < -0.4 is 0 Å². The molecule has 0 atom stereocenters. The van der Waals surface area contributed by atoms with Gasteiger partial charge in [-0.05, 0) is 10.8 Å². The molecular formula is C32H30Cl2SiZr2-2. The van der Waals surface area contributed by atoms with Gasteiger partial charge in [-0.3, -0.25) is 0 Å². The summed E-state index contributed by atoms with van der Waals surface area (Å²) in [4.78, 5) is 0. The fraction of sp³-hybridized carbons (Fsp3) is 0.188. The average Bonchev–Trinajstić information content (AvgIpc) is 3.39. The number of hydrogen-bond acceptors (Lipinski definition) is 0.